The molecule has 3 rings (SSSR count). The molecule has 2 aromatic rings. The number of hydrogen-bond donors (Lipinski definition) is 2. The van der Waals surface area contributed by atoms with Crippen LogP contribution in [0.15, 0.2) is 48.5 Å². The summed E-state index contributed by atoms with van der Waals surface area (Å²) in [5.74, 6) is -1.84. The predicted molar refractivity (Wildman–Crippen MR) is 112 cm³/mol. The highest BCUT2D eigenvalue weighted by Gasteiger charge is 2.43. The summed E-state index contributed by atoms with van der Waals surface area (Å²) in [7, 11) is -3.61. The Balaban J connectivity index is 1.81. The van der Waals surface area contributed by atoms with Crippen LogP contribution in [0, 0.1) is 0 Å². The number of fused-ring (bicyclic) bond motifs is 1. The van der Waals surface area contributed by atoms with Crippen LogP contribution >= 0.6 is 0 Å². The molecule has 158 valence electrons. The van der Waals surface area contributed by atoms with Gasteiger partial charge >= 0.3 is 5.97 Å². The first-order valence-electron chi connectivity index (χ1n) is 8.98. The Labute approximate surface area is 174 Å². The van der Waals surface area contributed by atoms with Gasteiger partial charge in [0.05, 0.1) is 28.9 Å². The maximum absolute atomic E-state index is 12.9. The van der Waals surface area contributed by atoms with Crippen LogP contribution in [-0.2, 0) is 24.3 Å². The zero-order valence-corrected chi connectivity index (χ0v) is 17.4. The molecule has 0 spiro atoms. The molecule has 2 N–H and O–H groups in total. The number of esters is 1. The van der Waals surface area contributed by atoms with Crippen LogP contribution in [0.4, 0.5) is 17.1 Å². The topological polar surface area (TPSA) is 122 Å². The van der Waals surface area contributed by atoms with Gasteiger partial charge in [-0.3, -0.25) is 19.2 Å². The van der Waals surface area contributed by atoms with Crippen molar-refractivity contribution in [3.8, 4) is 0 Å². The van der Waals surface area contributed by atoms with E-state index in [4.69, 9.17) is 4.74 Å². The third kappa shape index (κ3) is 4.28. The van der Waals surface area contributed by atoms with Gasteiger partial charge in [-0.2, -0.15) is 0 Å². The lowest BCUT2D eigenvalue weighted by Crippen LogP contribution is -2.59. The highest BCUT2D eigenvalue weighted by Crippen LogP contribution is 2.36. The van der Waals surface area contributed by atoms with E-state index < -0.39 is 34.0 Å². The number of nitrogens with zero attached hydrogens (tertiary/aromatic N) is 1. The molecule has 0 saturated heterocycles. The zero-order chi connectivity index (χ0) is 22.1. The van der Waals surface area contributed by atoms with Gasteiger partial charge in [-0.05, 0) is 38.1 Å². The Hall–Kier alpha value is -3.40. The summed E-state index contributed by atoms with van der Waals surface area (Å²) in [6.07, 6.45) is 0.958. The lowest BCUT2D eigenvalue weighted by molar-refractivity contribution is -0.128. The Kier molecular flexibility index (Phi) is 5.53. The molecule has 0 unspecified atom stereocenters. The molecule has 2 amide bonds. The smallest absolute Gasteiger partial charge is 0.340 e. The van der Waals surface area contributed by atoms with Crippen molar-refractivity contribution in [3.05, 3.63) is 54.1 Å². The van der Waals surface area contributed by atoms with Crippen molar-refractivity contribution in [2.75, 3.05) is 27.8 Å². The number of hydrogen-bond acceptors (Lipinski definition) is 6. The van der Waals surface area contributed by atoms with Gasteiger partial charge in [0.25, 0.3) is 5.91 Å². The molecule has 1 heterocycles. The lowest BCUT2D eigenvalue weighted by atomic mass is 9.96. The van der Waals surface area contributed by atoms with Crippen molar-refractivity contribution >= 4 is 44.9 Å². The van der Waals surface area contributed by atoms with Gasteiger partial charge in [-0.15, -0.1) is 0 Å². The molecular weight excluding hydrogens is 410 g/mol. The van der Waals surface area contributed by atoms with Gasteiger partial charge in [0.2, 0.25) is 15.9 Å². The summed E-state index contributed by atoms with van der Waals surface area (Å²) in [5, 5.41) is 2.75. The van der Waals surface area contributed by atoms with Gasteiger partial charge in [0, 0.05) is 0 Å². The molecule has 0 fully saturated rings. The van der Waals surface area contributed by atoms with E-state index in [-0.39, 0.29) is 17.2 Å². The molecule has 0 radical (unpaired) electrons. The molecule has 0 saturated carbocycles. The zero-order valence-electron chi connectivity index (χ0n) is 16.6. The van der Waals surface area contributed by atoms with Gasteiger partial charge in [-0.1, -0.05) is 24.3 Å². The molecule has 30 heavy (non-hydrogen) atoms. The molecule has 9 nitrogen and oxygen atoms in total. The molecule has 10 heteroatoms. The number of amides is 2. The van der Waals surface area contributed by atoms with Crippen LogP contribution in [0.1, 0.15) is 24.2 Å². The molecule has 1 aliphatic heterocycles. The monoisotopic (exact) mass is 431 g/mol. The largest absolute Gasteiger partial charge is 0.452 e. The summed E-state index contributed by atoms with van der Waals surface area (Å²) >= 11 is 0. The SMILES string of the molecule is CC1(C)C(=O)Nc2ccccc2N1C(=O)COC(=O)c1ccccc1NS(C)(=O)=O. The highest BCUT2D eigenvalue weighted by molar-refractivity contribution is 7.92. The number of para-hydroxylation sites is 3. The van der Waals surface area contributed by atoms with Crippen LogP contribution < -0.4 is 14.9 Å². The average Bonchev–Trinajstić information content (AvgIpc) is 2.66. The summed E-state index contributed by atoms with van der Waals surface area (Å²) in [4.78, 5) is 39.2. The average molecular weight is 431 g/mol. The number of sulfonamides is 1. The minimum absolute atomic E-state index is 0.0354. The van der Waals surface area contributed by atoms with Crippen molar-refractivity contribution in [3.63, 3.8) is 0 Å². The quantitative estimate of drug-likeness (QED) is 0.698. The van der Waals surface area contributed by atoms with E-state index in [2.05, 4.69) is 10.0 Å². The van der Waals surface area contributed by atoms with Crippen molar-refractivity contribution < 1.29 is 27.5 Å². The van der Waals surface area contributed by atoms with Crippen molar-refractivity contribution in [2.45, 2.75) is 19.4 Å². The Morgan fingerprint density at radius 1 is 1.10 bits per heavy atom. The van der Waals surface area contributed by atoms with Gasteiger partial charge < -0.3 is 10.1 Å². The maximum atomic E-state index is 12.9. The molecular formula is C20H21N3O6S. The number of benzene rings is 2. The van der Waals surface area contributed by atoms with Gasteiger partial charge in [-0.25, -0.2) is 13.2 Å². The normalized spacial score (nSPS) is 15.0. The minimum atomic E-state index is -3.61. The molecule has 0 aromatic heterocycles. The minimum Gasteiger partial charge on any atom is -0.452 e. The lowest BCUT2D eigenvalue weighted by Gasteiger charge is -2.41. The second kappa shape index (κ2) is 7.79. The first-order valence-corrected chi connectivity index (χ1v) is 10.9. The van der Waals surface area contributed by atoms with Crippen LogP contribution in [-0.4, -0.2) is 44.6 Å². The Morgan fingerprint density at radius 3 is 2.43 bits per heavy atom. The number of ether oxygens (including phenoxy) is 1. The Bertz CT molecular complexity index is 1130. The van der Waals surface area contributed by atoms with Crippen LogP contribution in [0.3, 0.4) is 0 Å². The fourth-order valence-corrected chi connectivity index (χ4v) is 3.70. The van der Waals surface area contributed by atoms with Gasteiger partial charge in [0.15, 0.2) is 6.61 Å². The Morgan fingerprint density at radius 2 is 1.73 bits per heavy atom. The third-order valence-electron chi connectivity index (χ3n) is 4.53. The summed E-state index contributed by atoms with van der Waals surface area (Å²) in [5.41, 5.74) is -0.230. The van der Waals surface area contributed by atoms with E-state index in [1.54, 1.807) is 50.2 Å². The second-order valence-corrected chi connectivity index (χ2v) is 9.00. The molecule has 1 aliphatic rings. The van der Waals surface area contributed by atoms with Crippen LogP contribution in [0.5, 0.6) is 0 Å². The summed E-state index contributed by atoms with van der Waals surface area (Å²) in [6, 6.07) is 12.7. The number of anilines is 3. The third-order valence-corrected chi connectivity index (χ3v) is 5.12. The first kappa shape index (κ1) is 21.3. The van der Waals surface area contributed by atoms with E-state index in [0.717, 1.165) is 6.26 Å². The van der Waals surface area contributed by atoms with E-state index in [0.29, 0.717) is 11.4 Å². The van der Waals surface area contributed by atoms with Crippen molar-refractivity contribution in [1.82, 2.24) is 0 Å². The van der Waals surface area contributed by atoms with Crippen LogP contribution in [0.2, 0.25) is 0 Å². The van der Waals surface area contributed by atoms with Crippen LogP contribution in [0.25, 0.3) is 0 Å². The highest BCUT2D eigenvalue weighted by atomic mass is 32.2. The molecule has 0 bridgehead atoms. The van der Waals surface area contributed by atoms with E-state index in [1.165, 1.54) is 17.0 Å². The number of carbonyl (C=O) groups excluding carboxylic acids is 3. The number of rotatable bonds is 5. The number of nitrogens with one attached hydrogen (secondary N) is 2. The standard InChI is InChI=1S/C20H21N3O6S/c1-20(2)19(26)21-15-10-6-7-11-16(15)23(20)17(24)12-29-18(25)13-8-4-5-9-14(13)22-30(3,27)28/h4-11,22H,12H2,1-3H3,(H,21,26). The van der Waals surface area contributed by atoms with Crippen molar-refractivity contribution in [2.24, 2.45) is 0 Å². The summed E-state index contributed by atoms with van der Waals surface area (Å²) < 4.78 is 30.4. The van der Waals surface area contributed by atoms with E-state index in [1.807, 2.05) is 0 Å². The second-order valence-electron chi connectivity index (χ2n) is 7.26. The van der Waals surface area contributed by atoms with E-state index >= 15 is 0 Å². The van der Waals surface area contributed by atoms with Gasteiger partial charge in [0.1, 0.15) is 5.54 Å². The fraction of sp³-hybridized carbons (Fsp3) is 0.250. The maximum Gasteiger partial charge on any atom is 0.340 e. The predicted octanol–water partition coefficient (Wildman–Crippen LogP) is 1.98. The molecule has 0 atom stereocenters. The fourth-order valence-electron chi connectivity index (χ4n) is 3.12. The van der Waals surface area contributed by atoms with E-state index in [9.17, 15) is 22.8 Å². The van der Waals surface area contributed by atoms with Crippen molar-refractivity contribution in [1.29, 1.82) is 0 Å². The first-order chi connectivity index (χ1) is 14.0. The number of carbonyl (C=O) groups is 3. The summed E-state index contributed by atoms with van der Waals surface area (Å²) in [6.45, 7) is 2.55. The molecule has 0 aliphatic carbocycles. The molecule has 2 aromatic carbocycles.